The van der Waals surface area contributed by atoms with E-state index in [0.29, 0.717) is 17.0 Å². The summed E-state index contributed by atoms with van der Waals surface area (Å²) < 4.78 is 10.4. The van der Waals surface area contributed by atoms with Crippen molar-refractivity contribution in [2.75, 3.05) is 25.3 Å². The molecule has 2 aromatic carbocycles. The number of Topliss-reactive ketones (excluding diaryl/α,β-unsaturated/α-hetero) is 1. The van der Waals surface area contributed by atoms with Crippen molar-refractivity contribution in [3.63, 3.8) is 0 Å². The molecule has 3 rings (SSSR count). The van der Waals surface area contributed by atoms with E-state index in [-0.39, 0.29) is 29.8 Å². The molecule has 1 N–H and O–H groups in total. The van der Waals surface area contributed by atoms with Crippen LogP contribution in [0.25, 0.3) is 0 Å². The van der Waals surface area contributed by atoms with Crippen molar-refractivity contribution >= 4 is 35.1 Å². The molecule has 1 aliphatic rings. The maximum absolute atomic E-state index is 12.4. The Kier molecular flexibility index (Phi) is 5.51. The number of nitrogens with one attached hydrogen (secondary N) is 1. The summed E-state index contributed by atoms with van der Waals surface area (Å²) in [5.41, 5.74) is 2.14. The van der Waals surface area contributed by atoms with Crippen LogP contribution in [-0.4, -0.2) is 37.6 Å². The van der Waals surface area contributed by atoms with Crippen molar-refractivity contribution in [3.05, 3.63) is 53.1 Å². The lowest BCUT2D eigenvalue weighted by molar-refractivity contribution is -0.116. The maximum Gasteiger partial charge on any atom is 0.342 e. The number of rotatable bonds is 6. The van der Waals surface area contributed by atoms with Crippen LogP contribution in [-0.2, 0) is 9.53 Å². The zero-order valence-corrected chi connectivity index (χ0v) is 16.0. The molecule has 0 saturated heterocycles. The van der Waals surface area contributed by atoms with E-state index in [1.165, 1.54) is 18.9 Å². The summed E-state index contributed by atoms with van der Waals surface area (Å²) in [6.07, 6.45) is 1.92. The van der Waals surface area contributed by atoms with Gasteiger partial charge in [-0.2, -0.15) is 0 Å². The van der Waals surface area contributed by atoms with Gasteiger partial charge in [0, 0.05) is 16.1 Å². The molecule has 27 heavy (non-hydrogen) atoms. The summed E-state index contributed by atoms with van der Waals surface area (Å²) in [4.78, 5) is 37.4. The smallest absolute Gasteiger partial charge is 0.342 e. The van der Waals surface area contributed by atoms with Gasteiger partial charge in [0.15, 0.2) is 12.4 Å². The SMILES string of the molecule is COc1cc(SC)ccc1C(=O)OCC(=O)c1ccc2c(c1)[C@H](C)C(=O)N2. The number of hydrogen-bond acceptors (Lipinski definition) is 6. The Hall–Kier alpha value is -2.80. The minimum absolute atomic E-state index is 0.0955. The minimum atomic E-state index is -0.626. The number of fused-ring (bicyclic) bond motifs is 1. The summed E-state index contributed by atoms with van der Waals surface area (Å²) in [5.74, 6) is -0.969. The van der Waals surface area contributed by atoms with Crippen LogP contribution < -0.4 is 10.1 Å². The Morgan fingerprint density at radius 3 is 2.67 bits per heavy atom. The Morgan fingerprint density at radius 2 is 1.96 bits per heavy atom. The van der Waals surface area contributed by atoms with Crippen LogP contribution >= 0.6 is 11.8 Å². The van der Waals surface area contributed by atoms with E-state index in [1.54, 1.807) is 43.3 Å². The second-order valence-electron chi connectivity index (χ2n) is 6.08. The monoisotopic (exact) mass is 385 g/mol. The van der Waals surface area contributed by atoms with E-state index in [2.05, 4.69) is 5.32 Å². The van der Waals surface area contributed by atoms with Gasteiger partial charge in [0.25, 0.3) is 0 Å². The molecule has 1 amide bonds. The van der Waals surface area contributed by atoms with E-state index in [1.807, 2.05) is 6.26 Å². The molecule has 0 bridgehead atoms. The standard InChI is InChI=1S/C20H19NO5S/c1-11-15-8-12(4-7-16(15)21-19(11)23)17(22)10-26-20(24)14-6-5-13(27-3)9-18(14)25-2/h4-9,11H,10H2,1-3H3,(H,21,23)/t11-/m0/s1. The molecule has 0 fully saturated rings. The number of thioether (sulfide) groups is 1. The Balaban J connectivity index is 1.70. The third kappa shape index (κ3) is 3.83. The summed E-state index contributed by atoms with van der Waals surface area (Å²) in [5, 5.41) is 2.76. The molecular weight excluding hydrogens is 366 g/mol. The minimum Gasteiger partial charge on any atom is -0.496 e. The van der Waals surface area contributed by atoms with E-state index in [0.717, 1.165) is 10.5 Å². The average molecular weight is 385 g/mol. The Morgan fingerprint density at radius 1 is 1.19 bits per heavy atom. The first-order chi connectivity index (χ1) is 12.9. The van der Waals surface area contributed by atoms with Crippen molar-refractivity contribution < 1.29 is 23.9 Å². The summed E-state index contributed by atoms with van der Waals surface area (Å²) in [6, 6.07) is 10.1. The molecule has 1 atom stereocenters. The number of ether oxygens (including phenoxy) is 2. The van der Waals surface area contributed by atoms with Crippen LogP contribution in [0.3, 0.4) is 0 Å². The first-order valence-corrected chi connectivity index (χ1v) is 9.54. The topological polar surface area (TPSA) is 81.7 Å². The van der Waals surface area contributed by atoms with Crippen molar-refractivity contribution in [1.82, 2.24) is 0 Å². The molecule has 0 saturated carbocycles. The van der Waals surface area contributed by atoms with Gasteiger partial charge in [0.2, 0.25) is 5.91 Å². The lowest BCUT2D eigenvalue weighted by Crippen LogP contribution is -2.15. The quantitative estimate of drug-likeness (QED) is 0.466. The van der Waals surface area contributed by atoms with Crippen molar-refractivity contribution in [2.24, 2.45) is 0 Å². The highest BCUT2D eigenvalue weighted by Crippen LogP contribution is 2.32. The van der Waals surface area contributed by atoms with E-state index in [4.69, 9.17) is 9.47 Å². The fourth-order valence-corrected chi connectivity index (χ4v) is 3.28. The molecule has 7 heteroatoms. The van der Waals surface area contributed by atoms with Gasteiger partial charge >= 0.3 is 5.97 Å². The highest BCUT2D eigenvalue weighted by molar-refractivity contribution is 7.98. The van der Waals surface area contributed by atoms with Crippen LogP contribution in [0, 0.1) is 0 Å². The van der Waals surface area contributed by atoms with Gasteiger partial charge in [-0.25, -0.2) is 4.79 Å². The van der Waals surface area contributed by atoms with Crippen LogP contribution in [0.5, 0.6) is 5.75 Å². The molecular formula is C20H19NO5S. The molecule has 0 spiro atoms. The molecule has 0 aliphatic carbocycles. The van der Waals surface area contributed by atoms with Crippen LogP contribution in [0.2, 0.25) is 0 Å². The third-order valence-electron chi connectivity index (χ3n) is 4.45. The molecule has 0 unspecified atom stereocenters. The highest BCUT2D eigenvalue weighted by atomic mass is 32.2. The van der Waals surface area contributed by atoms with Gasteiger partial charge in [-0.05, 0) is 55.1 Å². The van der Waals surface area contributed by atoms with E-state index < -0.39 is 5.97 Å². The third-order valence-corrected chi connectivity index (χ3v) is 5.18. The Labute approximate surface area is 161 Å². The van der Waals surface area contributed by atoms with E-state index >= 15 is 0 Å². The normalized spacial score (nSPS) is 15.1. The second kappa shape index (κ2) is 7.84. The van der Waals surface area contributed by atoms with Gasteiger partial charge in [0.1, 0.15) is 11.3 Å². The Bertz CT molecular complexity index is 925. The largest absolute Gasteiger partial charge is 0.496 e. The first kappa shape index (κ1) is 19.0. The van der Waals surface area contributed by atoms with Crippen molar-refractivity contribution in [2.45, 2.75) is 17.7 Å². The molecule has 1 heterocycles. The number of ketones is 1. The predicted molar refractivity (Wildman–Crippen MR) is 103 cm³/mol. The lowest BCUT2D eigenvalue weighted by Gasteiger charge is -2.10. The fraction of sp³-hybridized carbons (Fsp3) is 0.250. The highest BCUT2D eigenvalue weighted by Gasteiger charge is 2.27. The second-order valence-corrected chi connectivity index (χ2v) is 6.96. The van der Waals surface area contributed by atoms with Gasteiger partial charge in [-0.3, -0.25) is 9.59 Å². The average Bonchev–Trinajstić information content (AvgIpc) is 2.98. The van der Waals surface area contributed by atoms with Gasteiger partial charge in [0.05, 0.1) is 13.0 Å². The maximum atomic E-state index is 12.4. The number of anilines is 1. The molecule has 1 aliphatic heterocycles. The number of methoxy groups -OCH3 is 1. The van der Waals surface area contributed by atoms with Crippen LogP contribution in [0.1, 0.15) is 39.1 Å². The molecule has 6 nitrogen and oxygen atoms in total. The molecule has 140 valence electrons. The first-order valence-electron chi connectivity index (χ1n) is 8.31. The number of carbonyl (C=O) groups excluding carboxylic acids is 3. The fourth-order valence-electron chi connectivity index (χ4n) is 2.85. The predicted octanol–water partition coefficient (Wildman–Crippen LogP) is 3.51. The molecule has 0 radical (unpaired) electrons. The number of carbonyl (C=O) groups is 3. The van der Waals surface area contributed by atoms with Crippen LogP contribution in [0.4, 0.5) is 5.69 Å². The zero-order valence-electron chi connectivity index (χ0n) is 15.2. The zero-order chi connectivity index (χ0) is 19.6. The number of amides is 1. The number of benzene rings is 2. The van der Waals surface area contributed by atoms with Gasteiger partial charge in [-0.15, -0.1) is 11.8 Å². The molecule has 0 aromatic heterocycles. The summed E-state index contributed by atoms with van der Waals surface area (Å²) in [6.45, 7) is 1.39. The lowest BCUT2D eigenvalue weighted by atomic mass is 9.99. The number of esters is 1. The van der Waals surface area contributed by atoms with Gasteiger partial charge < -0.3 is 14.8 Å². The summed E-state index contributed by atoms with van der Waals surface area (Å²) >= 11 is 1.53. The van der Waals surface area contributed by atoms with Crippen LogP contribution in [0.15, 0.2) is 41.3 Å². The van der Waals surface area contributed by atoms with E-state index in [9.17, 15) is 14.4 Å². The van der Waals surface area contributed by atoms with Crippen molar-refractivity contribution in [1.29, 1.82) is 0 Å². The van der Waals surface area contributed by atoms with Gasteiger partial charge in [-0.1, -0.05) is 0 Å². The summed E-state index contributed by atoms with van der Waals surface area (Å²) in [7, 11) is 1.47. The van der Waals surface area contributed by atoms with Crippen molar-refractivity contribution in [3.8, 4) is 5.75 Å². The molecule has 2 aromatic rings. The number of hydrogen-bond donors (Lipinski definition) is 1.